The second-order valence-corrected chi connectivity index (χ2v) is 8.42. The Morgan fingerprint density at radius 3 is 2.61 bits per heavy atom. The van der Waals surface area contributed by atoms with Crippen LogP contribution in [0.4, 0.5) is 0 Å². The van der Waals surface area contributed by atoms with E-state index < -0.39 is 0 Å². The van der Waals surface area contributed by atoms with Gasteiger partial charge in [-0.05, 0) is 54.0 Å². The molecule has 2 heterocycles. The van der Waals surface area contributed by atoms with E-state index in [-0.39, 0.29) is 30.4 Å². The van der Waals surface area contributed by atoms with Crippen molar-refractivity contribution < 1.29 is 14.3 Å². The molecule has 2 aromatic rings. The quantitative estimate of drug-likeness (QED) is 0.747. The number of thiophene rings is 1. The van der Waals surface area contributed by atoms with Crippen LogP contribution in [0.3, 0.4) is 0 Å². The fourth-order valence-electron chi connectivity index (χ4n) is 3.98. The number of benzene rings is 1. The first-order chi connectivity index (χ1) is 13.6. The summed E-state index contributed by atoms with van der Waals surface area (Å²) in [5.74, 6) is 0.910. The number of carbonyl (C=O) groups is 2. The third kappa shape index (κ3) is 3.65. The Hall–Kier alpha value is -2.34. The summed E-state index contributed by atoms with van der Waals surface area (Å²) in [6.45, 7) is 2.73. The van der Waals surface area contributed by atoms with Gasteiger partial charge in [-0.15, -0.1) is 11.3 Å². The van der Waals surface area contributed by atoms with E-state index in [1.54, 1.807) is 23.3 Å². The molecule has 1 aliphatic heterocycles. The van der Waals surface area contributed by atoms with E-state index >= 15 is 0 Å². The van der Waals surface area contributed by atoms with Gasteiger partial charge in [0.2, 0.25) is 11.8 Å². The van der Waals surface area contributed by atoms with Crippen molar-refractivity contribution in [2.45, 2.75) is 44.7 Å². The van der Waals surface area contributed by atoms with E-state index in [0.717, 1.165) is 30.6 Å². The number of fused-ring (bicyclic) bond motifs is 1. The van der Waals surface area contributed by atoms with Gasteiger partial charge in [0, 0.05) is 23.9 Å². The molecular formula is C22H26N2O3S. The molecule has 0 bridgehead atoms. The number of amides is 2. The summed E-state index contributed by atoms with van der Waals surface area (Å²) >= 11 is 1.76. The van der Waals surface area contributed by atoms with Gasteiger partial charge in [-0.3, -0.25) is 9.59 Å². The zero-order valence-electron chi connectivity index (χ0n) is 16.4. The van der Waals surface area contributed by atoms with Crippen LogP contribution in [-0.4, -0.2) is 47.9 Å². The minimum atomic E-state index is -0.105. The average molecular weight is 399 g/mol. The smallest absolute Gasteiger partial charge is 0.243 e. The second kappa shape index (κ2) is 7.95. The van der Waals surface area contributed by atoms with E-state index in [0.29, 0.717) is 13.0 Å². The van der Waals surface area contributed by atoms with Crippen LogP contribution in [0.2, 0.25) is 0 Å². The molecule has 1 saturated carbocycles. The first kappa shape index (κ1) is 19.0. The lowest BCUT2D eigenvalue weighted by Gasteiger charge is -2.37. The highest BCUT2D eigenvalue weighted by atomic mass is 32.1. The van der Waals surface area contributed by atoms with Crippen molar-refractivity contribution in [1.29, 1.82) is 0 Å². The van der Waals surface area contributed by atoms with E-state index in [1.807, 2.05) is 36.1 Å². The number of hydrogen-bond donors (Lipinski definition) is 0. The summed E-state index contributed by atoms with van der Waals surface area (Å²) in [4.78, 5) is 30.7. The van der Waals surface area contributed by atoms with Crippen molar-refractivity contribution in [3.05, 3.63) is 51.7 Å². The Morgan fingerprint density at radius 1 is 1.21 bits per heavy atom. The molecule has 0 saturated heterocycles. The van der Waals surface area contributed by atoms with Gasteiger partial charge in [0.25, 0.3) is 0 Å². The van der Waals surface area contributed by atoms with Crippen LogP contribution in [0.15, 0.2) is 35.7 Å². The van der Waals surface area contributed by atoms with Gasteiger partial charge in [0.1, 0.15) is 12.3 Å². The molecule has 2 amide bonds. The minimum Gasteiger partial charge on any atom is -0.497 e. The lowest BCUT2D eigenvalue weighted by molar-refractivity contribution is -0.142. The molecule has 2 aliphatic rings. The Kier molecular flexibility index (Phi) is 5.40. The van der Waals surface area contributed by atoms with Gasteiger partial charge in [-0.1, -0.05) is 19.1 Å². The first-order valence-corrected chi connectivity index (χ1v) is 10.8. The molecule has 1 aliphatic carbocycles. The average Bonchev–Trinajstić information content (AvgIpc) is 3.46. The van der Waals surface area contributed by atoms with Crippen LogP contribution in [0.1, 0.15) is 48.2 Å². The van der Waals surface area contributed by atoms with Crippen molar-refractivity contribution in [2.75, 3.05) is 20.2 Å². The van der Waals surface area contributed by atoms with E-state index in [2.05, 4.69) is 11.4 Å². The lowest BCUT2D eigenvalue weighted by atomic mass is 9.93. The van der Waals surface area contributed by atoms with Crippen LogP contribution in [-0.2, 0) is 16.0 Å². The van der Waals surface area contributed by atoms with Crippen molar-refractivity contribution in [3.63, 3.8) is 0 Å². The van der Waals surface area contributed by atoms with Crippen LogP contribution < -0.4 is 4.74 Å². The maximum Gasteiger partial charge on any atom is 0.243 e. The van der Waals surface area contributed by atoms with Crippen molar-refractivity contribution in [2.24, 2.45) is 0 Å². The third-order valence-electron chi connectivity index (χ3n) is 5.63. The summed E-state index contributed by atoms with van der Waals surface area (Å²) in [5.41, 5.74) is 2.28. The molecule has 1 aromatic carbocycles. The summed E-state index contributed by atoms with van der Waals surface area (Å²) in [6.07, 6.45) is 3.34. The van der Waals surface area contributed by atoms with E-state index in [9.17, 15) is 9.59 Å². The molecule has 6 heteroatoms. The predicted octanol–water partition coefficient (Wildman–Crippen LogP) is 3.63. The second-order valence-electron chi connectivity index (χ2n) is 7.42. The zero-order chi connectivity index (χ0) is 19.7. The normalized spacial score (nSPS) is 18.5. The molecule has 5 nitrogen and oxygen atoms in total. The van der Waals surface area contributed by atoms with Crippen molar-refractivity contribution >= 4 is 23.2 Å². The Balaban J connectivity index is 1.62. The van der Waals surface area contributed by atoms with Crippen LogP contribution in [0.25, 0.3) is 0 Å². The zero-order valence-corrected chi connectivity index (χ0v) is 17.2. The Labute approximate surface area is 169 Å². The first-order valence-electron chi connectivity index (χ1n) is 9.91. The minimum absolute atomic E-state index is 0.0337. The Bertz CT molecular complexity index is 857. The van der Waals surface area contributed by atoms with Gasteiger partial charge in [0.05, 0.1) is 13.2 Å². The molecule has 0 unspecified atom stereocenters. The topological polar surface area (TPSA) is 49.9 Å². The monoisotopic (exact) mass is 398 g/mol. The van der Waals surface area contributed by atoms with Gasteiger partial charge in [0.15, 0.2) is 0 Å². The maximum atomic E-state index is 13.3. The number of hydrogen-bond acceptors (Lipinski definition) is 4. The fourth-order valence-corrected chi connectivity index (χ4v) is 4.88. The highest BCUT2D eigenvalue weighted by Crippen LogP contribution is 2.38. The molecule has 0 spiro atoms. The molecule has 1 aromatic heterocycles. The van der Waals surface area contributed by atoms with Crippen LogP contribution in [0, 0.1) is 0 Å². The van der Waals surface area contributed by atoms with Gasteiger partial charge < -0.3 is 14.5 Å². The number of carbonyl (C=O) groups excluding carboxylic acids is 2. The van der Waals surface area contributed by atoms with Gasteiger partial charge in [-0.25, -0.2) is 0 Å². The molecule has 1 atom stereocenters. The largest absolute Gasteiger partial charge is 0.497 e. The number of methoxy groups -OCH3 is 1. The molecule has 0 radical (unpaired) electrons. The van der Waals surface area contributed by atoms with Gasteiger partial charge in [-0.2, -0.15) is 0 Å². The molecular weight excluding hydrogens is 372 g/mol. The highest BCUT2D eigenvalue weighted by Gasteiger charge is 2.37. The Morgan fingerprint density at radius 2 is 1.96 bits per heavy atom. The third-order valence-corrected chi connectivity index (χ3v) is 6.63. The summed E-state index contributed by atoms with van der Waals surface area (Å²) in [7, 11) is 1.65. The summed E-state index contributed by atoms with van der Waals surface area (Å²) in [5, 5.41) is 2.10. The summed E-state index contributed by atoms with van der Waals surface area (Å²) < 4.78 is 5.29. The van der Waals surface area contributed by atoms with E-state index in [4.69, 9.17) is 4.74 Å². The maximum absolute atomic E-state index is 13.3. The fraction of sp³-hybridized carbons (Fsp3) is 0.455. The standard InChI is InChI=1S/C22H26N2O3S/c1-3-20(25)24(16-6-7-16)14-21(26)23-12-10-19-18(11-13-28-19)22(23)15-4-8-17(27-2)9-5-15/h4-5,8-9,11,13,16,22H,3,6-7,10,12,14H2,1-2H3/t22-/m1/s1. The highest BCUT2D eigenvalue weighted by molar-refractivity contribution is 7.10. The number of nitrogens with zero attached hydrogens (tertiary/aromatic N) is 2. The van der Waals surface area contributed by atoms with Crippen molar-refractivity contribution in [1.82, 2.24) is 9.80 Å². The van der Waals surface area contributed by atoms with Crippen LogP contribution in [0.5, 0.6) is 5.75 Å². The number of ether oxygens (including phenoxy) is 1. The number of rotatable bonds is 6. The van der Waals surface area contributed by atoms with Gasteiger partial charge >= 0.3 is 0 Å². The predicted molar refractivity (Wildman–Crippen MR) is 110 cm³/mol. The molecule has 0 N–H and O–H groups in total. The van der Waals surface area contributed by atoms with Crippen LogP contribution >= 0.6 is 11.3 Å². The SMILES string of the molecule is CCC(=O)N(CC(=O)N1CCc2sccc2[C@H]1c1ccc(OC)cc1)C1CC1. The van der Waals surface area contributed by atoms with Crippen molar-refractivity contribution in [3.8, 4) is 5.75 Å². The lowest BCUT2D eigenvalue weighted by Crippen LogP contribution is -2.47. The molecule has 4 rings (SSSR count). The summed E-state index contributed by atoms with van der Waals surface area (Å²) in [6, 6.07) is 10.2. The molecule has 1 fully saturated rings. The molecule has 148 valence electrons. The van der Waals surface area contributed by atoms with E-state index in [1.165, 1.54) is 10.4 Å². The molecule has 28 heavy (non-hydrogen) atoms.